The topological polar surface area (TPSA) is 52.1 Å². The minimum atomic E-state index is -0.264. The van der Waals surface area contributed by atoms with Gasteiger partial charge >= 0.3 is 5.97 Å². The molecule has 0 radical (unpaired) electrons. The molecule has 4 nitrogen and oxygen atoms in total. The van der Waals surface area contributed by atoms with E-state index in [1.165, 1.54) is 20.7 Å². The Kier molecular flexibility index (Phi) is 4.51. The highest BCUT2D eigenvalue weighted by atomic mass is 32.9. The molecule has 0 bridgehead atoms. The van der Waals surface area contributed by atoms with Crippen molar-refractivity contribution in [2.45, 2.75) is 13.3 Å². The highest BCUT2D eigenvalue weighted by Crippen LogP contribution is 2.33. The van der Waals surface area contributed by atoms with Crippen molar-refractivity contribution in [1.29, 1.82) is 0 Å². The van der Waals surface area contributed by atoms with E-state index in [9.17, 15) is 4.79 Å². The smallest absolute Gasteiger partial charge is 0.310 e. The van der Waals surface area contributed by atoms with Crippen LogP contribution in [0.25, 0.3) is 10.6 Å². The van der Waals surface area contributed by atoms with Crippen molar-refractivity contribution in [3.63, 3.8) is 0 Å². The van der Waals surface area contributed by atoms with E-state index < -0.39 is 0 Å². The largest absolute Gasteiger partial charge is 0.466 e. The Morgan fingerprint density at radius 1 is 1.44 bits per heavy atom. The summed E-state index contributed by atoms with van der Waals surface area (Å²) in [6.07, 6.45) is 5.09. The molecule has 94 valence electrons. The molecule has 0 aliphatic carbocycles. The standard InChI is InChI=1S/C11H10N2O2S3/c1-2-15-9(14)5-7-10(17-18-11(7)16)8-6-12-3-4-13-8/h3-4,6H,2,5H2,1H3. The van der Waals surface area contributed by atoms with Crippen molar-refractivity contribution in [3.8, 4) is 10.6 Å². The second-order valence-electron chi connectivity index (χ2n) is 3.33. The molecule has 0 aliphatic heterocycles. The van der Waals surface area contributed by atoms with Crippen LogP contribution in [0.4, 0.5) is 0 Å². The number of hydrogen-bond acceptors (Lipinski definition) is 7. The summed E-state index contributed by atoms with van der Waals surface area (Å²) in [5.74, 6) is -0.264. The van der Waals surface area contributed by atoms with E-state index in [4.69, 9.17) is 17.0 Å². The van der Waals surface area contributed by atoms with Crippen LogP contribution < -0.4 is 0 Å². The molecule has 0 N–H and O–H groups in total. The van der Waals surface area contributed by atoms with Gasteiger partial charge in [-0.2, -0.15) is 0 Å². The van der Waals surface area contributed by atoms with Gasteiger partial charge in [-0.3, -0.25) is 14.8 Å². The first-order valence-electron chi connectivity index (χ1n) is 5.26. The average molecular weight is 298 g/mol. The van der Waals surface area contributed by atoms with Gasteiger partial charge in [0.2, 0.25) is 0 Å². The van der Waals surface area contributed by atoms with E-state index in [1.54, 1.807) is 25.5 Å². The molecule has 2 aromatic heterocycles. The molecule has 0 aliphatic rings. The molecule has 2 aromatic rings. The lowest BCUT2D eigenvalue weighted by Gasteiger charge is -2.02. The van der Waals surface area contributed by atoms with Crippen LogP contribution in [0.3, 0.4) is 0 Å². The zero-order chi connectivity index (χ0) is 13.0. The molecule has 0 amide bonds. The van der Waals surface area contributed by atoms with Crippen molar-refractivity contribution in [1.82, 2.24) is 9.97 Å². The highest BCUT2D eigenvalue weighted by Gasteiger charge is 2.15. The van der Waals surface area contributed by atoms with Gasteiger partial charge in [-0.25, -0.2) is 0 Å². The average Bonchev–Trinajstić information content (AvgIpc) is 2.73. The molecule has 0 saturated carbocycles. The van der Waals surface area contributed by atoms with Crippen LogP contribution in [0.1, 0.15) is 12.5 Å². The molecular formula is C11H10N2O2S3. The Hall–Kier alpha value is -1.18. The van der Waals surface area contributed by atoms with Crippen LogP contribution in [0, 0.1) is 3.82 Å². The summed E-state index contributed by atoms with van der Waals surface area (Å²) in [5, 5.41) is 0. The Balaban J connectivity index is 2.34. The molecule has 0 unspecified atom stereocenters. The summed E-state index contributed by atoms with van der Waals surface area (Å²) in [6.45, 7) is 2.16. The first kappa shape index (κ1) is 13.3. The van der Waals surface area contributed by atoms with E-state index in [2.05, 4.69) is 9.97 Å². The lowest BCUT2D eigenvalue weighted by molar-refractivity contribution is -0.142. The molecule has 18 heavy (non-hydrogen) atoms. The Bertz CT molecular complexity index is 592. The lowest BCUT2D eigenvalue weighted by Crippen LogP contribution is -2.07. The minimum absolute atomic E-state index is 0.193. The summed E-state index contributed by atoms with van der Waals surface area (Å²) < 4.78 is 5.67. The fourth-order valence-electron chi connectivity index (χ4n) is 1.40. The number of aromatic nitrogens is 2. The van der Waals surface area contributed by atoms with Gasteiger partial charge in [-0.15, -0.1) is 0 Å². The maximum atomic E-state index is 11.6. The fourth-order valence-corrected chi connectivity index (χ4v) is 4.24. The third-order valence-corrected chi connectivity index (χ3v) is 5.31. The summed E-state index contributed by atoms with van der Waals surface area (Å²) in [4.78, 5) is 20.7. The number of rotatable bonds is 4. The van der Waals surface area contributed by atoms with Crippen LogP contribution in [-0.2, 0) is 16.0 Å². The Morgan fingerprint density at radius 3 is 2.94 bits per heavy atom. The number of esters is 1. The molecule has 0 atom stereocenters. The maximum Gasteiger partial charge on any atom is 0.310 e. The predicted octanol–water partition coefficient (Wildman–Crippen LogP) is 3.10. The molecular weight excluding hydrogens is 288 g/mol. The van der Waals surface area contributed by atoms with Crippen LogP contribution in [-0.4, -0.2) is 22.5 Å². The molecule has 0 saturated heterocycles. The van der Waals surface area contributed by atoms with Gasteiger partial charge in [0.25, 0.3) is 0 Å². The Morgan fingerprint density at radius 2 is 2.28 bits per heavy atom. The van der Waals surface area contributed by atoms with Crippen LogP contribution >= 0.6 is 32.9 Å². The van der Waals surface area contributed by atoms with Crippen molar-refractivity contribution in [3.05, 3.63) is 28.0 Å². The van der Waals surface area contributed by atoms with Gasteiger partial charge in [0.05, 0.1) is 29.8 Å². The van der Waals surface area contributed by atoms with Crippen LogP contribution in [0.2, 0.25) is 0 Å². The number of hydrogen-bond donors (Lipinski definition) is 0. The van der Waals surface area contributed by atoms with E-state index in [-0.39, 0.29) is 12.4 Å². The molecule has 0 aromatic carbocycles. The Labute approximate surface area is 117 Å². The summed E-state index contributed by atoms with van der Waals surface area (Å²) in [5.41, 5.74) is 1.56. The number of carbonyl (C=O) groups excluding carboxylic acids is 1. The van der Waals surface area contributed by atoms with Gasteiger partial charge in [0, 0.05) is 18.0 Å². The van der Waals surface area contributed by atoms with Gasteiger partial charge in [0.1, 0.15) is 3.82 Å². The quantitative estimate of drug-likeness (QED) is 0.493. The number of nitrogens with zero attached hydrogens (tertiary/aromatic N) is 2. The van der Waals surface area contributed by atoms with Crippen LogP contribution in [0.15, 0.2) is 18.6 Å². The maximum absolute atomic E-state index is 11.6. The number of ether oxygens (including phenoxy) is 1. The van der Waals surface area contributed by atoms with E-state index >= 15 is 0 Å². The molecule has 2 heterocycles. The minimum Gasteiger partial charge on any atom is -0.466 e. The van der Waals surface area contributed by atoms with Crippen molar-refractivity contribution in [2.24, 2.45) is 0 Å². The van der Waals surface area contributed by atoms with E-state index in [0.29, 0.717) is 10.4 Å². The third kappa shape index (κ3) is 2.98. The zero-order valence-electron chi connectivity index (χ0n) is 9.58. The van der Waals surface area contributed by atoms with E-state index in [1.807, 2.05) is 0 Å². The fraction of sp³-hybridized carbons (Fsp3) is 0.273. The summed E-state index contributed by atoms with van der Waals surface area (Å²) >= 11 is 5.25. The molecule has 0 spiro atoms. The number of carbonyl (C=O) groups is 1. The van der Waals surface area contributed by atoms with Gasteiger partial charge in [0.15, 0.2) is 0 Å². The summed E-state index contributed by atoms with van der Waals surface area (Å²) in [6, 6.07) is 0. The van der Waals surface area contributed by atoms with Crippen molar-refractivity contribution < 1.29 is 9.53 Å². The van der Waals surface area contributed by atoms with Crippen molar-refractivity contribution >= 4 is 38.9 Å². The predicted molar refractivity (Wildman–Crippen MR) is 74.4 cm³/mol. The lowest BCUT2D eigenvalue weighted by atomic mass is 10.2. The second kappa shape index (κ2) is 6.12. The van der Waals surface area contributed by atoms with Crippen molar-refractivity contribution in [2.75, 3.05) is 6.61 Å². The first-order chi connectivity index (χ1) is 8.72. The highest BCUT2D eigenvalue weighted by molar-refractivity contribution is 7.80. The third-order valence-electron chi connectivity index (χ3n) is 2.14. The second-order valence-corrected chi connectivity index (χ2v) is 6.15. The molecule has 0 fully saturated rings. The molecule has 7 heteroatoms. The zero-order valence-corrected chi connectivity index (χ0v) is 12.0. The summed E-state index contributed by atoms with van der Waals surface area (Å²) in [7, 11) is 2.98. The van der Waals surface area contributed by atoms with Gasteiger partial charge < -0.3 is 4.74 Å². The van der Waals surface area contributed by atoms with Gasteiger partial charge in [-0.05, 0) is 6.92 Å². The monoisotopic (exact) mass is 298 g/mol. The first-order valence-corrected chi connectivity index (χ1v) is 7.82. The normalized spacial score (nSPS) is 10.3. The van der Waals surface area contributed by atoms with Crippen LogP contribution in [0.5, 0.6) is 0 Å². The van der Waals surface area contributed by atoms with Gasteiger partial charge in [-0.1, -0.05) is 32.9 Å². The SMILES string of the molecule is CCOC(=O)Cc1c(-c2cnccn2)ssc1=S. The molecule has 2 rings (SSSR count). The van der Waals surface area contributed by atoms with E-state index in [0.717, 1.165) is 16.1 Å².